The fourth-order valence-electron chi connectivity index (χ4n) is 4.24. The van der Waals surface area contributed by atoms with Crippen LogP contribution >= 0.6 is 0 Å². The molecule has 3 heterocycles. The molecule has 1 amide bonds. The summed E-state index contributed by atoms with van der Waals surface area (Å²) in [6, 6.07) is 12.3. The smallest absolute Gasteiger partial charge is 0.248 e. The summed E-state index contributed by atoms with van der Waals surface area (Å²) < 4.78 is 11.9. The molecular weight excluding hydrogens is 316 g/mol. The van der Waals surface area contributed by atoms with Crippen LogP contribution in [0.2, 0.25) is 0 Å². The zero-order valence-electron chi connectivity index (χ0n) is 14.5. The third-order valence-corrected chi connectivity index (χ3v) is 5.40. The molecule has 25 heavy (non-hydrogen) atoms. The van der Waals surface area contributed by atoms with Gasteiger partial charge in [-0.3, -0.25) is 9.69 Å². The van der Waals surface area contributed by atoms with E-state index in [1.807, 2.05) is 25.1 Å². The lowest BCUT2D eigenvalue weighted by atomic mass is 9.99. The number of hydrogen-bond acceptors (Lipinski definition) is 4. The van der Waals surface area contributed by atoms with Crippen LogP contribution in [0.15, 0.2) is 40.8 Å². The number of nitrogens with two attached hydrogens (primary N) is 1. The second-order valence-corrected chi connectivity index (χ2v) is 7.17. The summed E-state index contributed by atoms with van der Waals surface area (Å²) in [6.07, 6.45) is 4.64. The van der Waals surface area contributed by atoms with Crippen LogP contribution in [0, 0.1) is 6.92 Å². The number of amides is 1. The number of primary amides is 1. The molecule has 1 aromatic carbocycles. The van der Waals surface area contributed by atoms with Gasteiger partial charge in [0.2, 0.25) is 5.91 Å². The molecule has 2 saturated heterocycles. The largest absolute Gasteiger partial charge is 0.490 e. The van der Waals surface area contributed by atoms with E-state index in [1.54, 1.807) is 12.1 Å². The molecule has 5 heteroatoms. The van der Waals surface area contributed by atoms with Crippen LogP contribution in [0.25, 0.3) is 0 Å². The minimum absolute atomic E-state index is 0.190. The standard InChI is InChI=1S/C20H24N2O3/c1-13-5-8-18(24-13)12-22-15-6-7-16(22)11-19(10-15)25-17-4-2-3-14(9-17)20(21)23/h2-5,8-9,15-16,19H,6-7,10-12H2,1H3,(H2,21,23)/t15-,16+,19?. The molecule has 0 aliphatic carbocycles. The molecule has 1 aromatic heterocycles. The second-order valence-electron chi connectivity index (χ2n) is 7.17. The third kappa shape index (κ3) is 3.42. The van der Waals surface area contributed by atoms with Gasteiger partial charge in [0.25, 0.3) is 0 Å². The summed E-state index contributed by atoms with van der Waals surface area (Å²) in [4.78, 5) is 13.9. The molecule has 4 rings (SSSR count). The number of rotatable bonds is 5. The Bertz CT molecular complexity index is 756. The van der Waals surface area contributed by atoms with Gasteiger partial charge in [0.05, 0.1) is 6.54 Å². The first-order chi connectivity index (χ1) is 12.1. The number of piperidine rings is 1. The normalized spacial score (nSPS) is 25.9. The molecular formula is C20H24N2O3. The number of hydrogen-bond donors (Lipinski definition) is 1. The van der Waals surface area contributed by atoms with Crippen molar-refractivity contribution in [3.63, 3.8) is 0 Å². The molecule has 1 unspecified atom stereocenters. The first kappa shape index (κ1) is 16.2. The van der Waals surface area contributed by atoms with Crippen molar-refractivity contribution in [1.82, 2.24) is 4.90 Å². The van der Waals surface area contributed by atoms with Crippen LogP contribution in [-0.4, -0.2) is 29.0 Å². The fourth-order valence-corrected chi connectivity index (χ4v) is 4.24. The van der Waals surface area contributed by atoms with Gasteiger partial charge >= 0.3 is 0 Å². The van der Waals surface area contributed by atoms with Crippen LogP contribution < -0.4 is 10.5 Å². The predicted molar refractivity (Wildman–Crippen MR) is 94.4 cm³/mol. The van der Waals surface area contributed by atoms with E-state index in [-0.39, 0.29) is 6.10 Å². The molecule has 2 aliphatic heterocycles. The van der Waals surface area contributed by atoms with E-state index in [0.29, 0.717) is 17.6 Å². The molecule has 132 valence electrons. The molecule has 2 aliphatic rings. The Morgan fingerprint density at radius 3 is 2.64 bits per heavy atom. The van der Waals surface area contributed by atoms with E-state index in [4.69, 9.17) is 14.9 Å². The van der Waals surface area contributed by atoms with Gasteiger partial charge in [0.15, 0.2) is 0 Å². The Morgan fingerprint density at radius 1 is 1.24 bits per heavy atom. The van der Waals surface area contributed by atoms with Gasteiger partial charge < -0.3 is 14.9 Å². The van der Waals surface area contributed by atoms with Crippen LogP contribution in [0.1, 0.15) is 47.6 Å². The van der Waals surface area contributed by atoms with Crippen molar-refractivity contribution in [2.75, 3.05) is 0 Å². The average Bonchev–Trinajstić information content (AvgIpc) is 3.08. The summed E-state index contributed by atoms with van der Waals surface area (Å²) in [5.74, 6) is 2.32. The number of carbonyl (C=O) groups excluding carboxylic acids is 1. The van der Waals surface area contributed by atoms with Crippen LogP contribution in [-0.2, 0) is 6.54 Å². The summed E-state index contributed by atoms with van der Waals surface area (Å²) in [7, 11) is 0. The average molecular weight is 340 g/mol. The maximum atomic E-state index is 11.3. The van der Waals surface area contributed by atoms with Crippen molar-refractivity contribution in [3.05, 3.63) is 53.5 Å². The van der Waals surface area contributed by atoms with E-state index in [0.717, 1.165) is 36.7 Å². The fraction of sp³-hybridized carbons (Fsp3) is 0.450. The lowest BCUT2D eigenvalue weighted by Gasteiger charge is -2.38. The highest BCUT2D eigenvalue weighted by Crippen LogP contribution is 2.38. The van der Waals surface area contributed by atoms with Gasteiger partial charge in [-0.15, -0.1) is 0 Å². The maximum Gasteiger partial charge on any atom is 0.248 e. The van der Waals surface area contributed by atoms with E-state index in [2.05, 4.69) is 11.0 Å². The summed E-state index contributed by atoms with van der Waals surface area (Å²) in [5, 5.41) is 0. The molecule has 2 bridgehead atoms. The lowest BCUT2D eigenvalue weighted by molar-refractivity contribution is 0.0403. The number of furan rings is 1. The van der Waals surface area contributed by atoms with Crippen molar-refractivity contribution in [1.29, 1.82) is 0 Å². The topological polar surface area (TPSA) is 68.7 Å². The highest BCUT2D eigenvalue weighted by Gasteiger charge is 2.41. The monoisotopic (exact) mass is 340 g/mol. The third-order valence-electron chi connectivity index (χ3n) is 5.40. The predicted octanol–water partition coefficient (Wildman–Crippen LogP) is 3.26. The van der Waals surface area contributed by atoms with E-state index >= 15 is 0 Å². The molecule has 3 atom stereocenters. The first-order valence-corrected chi connectivity index (χ1v) is 8.96. The molecule has 0 saturated carbocycles. The van der Waals surface area contributed by atoms with Crippen molar-refractivity contribution in [2.45, 2.75) is 57.3 Å². The van der Waals surface area contributed by atoms with Gasteiger partial charge in [0, 0.05) is 17.6 Å². The Hall–Kier alpha value is -2.27. The van der Waals surface area contributed by atoms with Crippen molar-refractivity contribution >= 4 is 5.91 Å². The molecule has 2 aromatic rings. The van der Waals surface area contributed by atoms with Crippen molar-refractivity contribution < 1.29 is 13.9 Å². The summed E-state index contributed by atoms with van der Waals surface area (Å²) in [6.45, 7) is 2.87. The number of ether oxygens (including phenoxy) is 1. The Kier molecular flexibility index (Phi) is 4.25. The Morgan fingerprint density at radius 2 is 2.00 bits per heavy atom. The van der Waals surface area contributed by atoms with E-state index in [9.17, 15) is 4.79 Å². The first-order valence-electron chi connectivity index (χ1n) is 8.96. The van der Waals surface area contributed by atoms with Crippen molar-refractivity contribution in [3.8, 4) is 5.75 Å². The Labute approximate surface area is 147 Å². The SMILES string of the molecule is Cc1ccc(CN2[C@@H]3CC[C@H]2CC(Oc2cccc(C(N)=O)c2)C3)o1. The maximum absolute atomic E-state index is 11.3. The molecule has 0 spiro atoms. The van der Waals surface area contributed by atoms with Crippen LogP contribution in [0.3, 0.4) is 0 Å². The summed E-state index contributed by atoms with van der Waals surface area (Å²) in [5.41, 5.74) is 5.84. The van der Waals surface area contributed by atoms with E-state index < -0.39 is 5.91 Å². The van der Waals surface area contributed by atoms with Crippen LogP contribution in [0.5, 0.6) is 5.75 Å². The second kappa shape index (κ2) is 6.56. The quantitative estimate of drug-likeness (QED) is 0.907. The number of carbonyl (C=O) groups is 1. The van der Waals surface area contributed by atoms with Crippen LogP contribution in [0.4, 0.5) is 0 Å². The van der Waals surface area contributed by atoms with Gasteiger partial charge in [0.1, 0.15) is 23.4 Å². The van der Waals surface area contributed by atoms with Gasteiger partial charge in [-0.25, -0.2) is 0 Å². The highest BCUT2D eigenvalue weighted by atomic mass is 16.5. The van der Waals surface area contributed by atoms with Gasteiger partial charge in [-0.2, -0.15) is 0 Å². The molecule has 5 nitrogen and oxygen atoms in total. The minimum Gasteiger partial charge on any atom is -0.490 e. The molecule has 0 radical (unpaired) electrons. The Balaban J connectivity index is 1.41. The number of nitrogens with zero attached hydrogens (tertiary/aromatic N) is 1. The lowest BCUT2D eigenvalue weighted by Crippen LogP contribution is -2.45. The molecule has 2 N–H and O–H groups in total. The summed E-state index contributed by atoms with van der Waals surface area (Å²) >= 11 is 0. The minimum atomic E-state index is -0.422. The highest BCUT2D eigenvalue weighted by molar-refractivity contribution is 5.93. The number of fused-ring (bicyclic) bond motifs is 2. The number of aryl methyl sites for hydroxylation is 1. The molecule has 2 fully saturated rings. The van der Waals surface area contributed by atoms with Gasteiger partial charge in [-0.1, -0.05) is 6.07 Å². The van der Waals surface area contributed by atoms with Gasteiger partial charge in [-0.05, 0) is 62.9 Å². The van der Waals surface area contributed by atoms with Crippen molar-refractivity contribution in [2.24, 2.45) is 5.73 Å². The zero-order valence-corrected chi connectivity index (χ0v) is 14.5. The van der Waals surface area contributed by atoms with E-state index in [1.165, 1.54) is 12.8 Å². The zero-order chi connectivity index (χ0) is 17.4. The number of benzene rings is 1.